The van der Waals surface area contributed by atoms with Crippen LogP contribution in [0.4, 0.5) is 5.69 Å². The second-order valence-electron chi connectivity index (χ2n) is 4.08. The predicted octanol–water partition coefficient (Wildman–Crippen LogP) is 2.95. The van der Waals surface area contributed by atoms with Crippen LogP contribution in [0.3, 0.4) is 0 Å². The highest BCUT2D eigenvalue weighted by molar-refractivity contribution is 5.91. The molecule has 0 aliphatic heterocycles. The fourth-order valence-electron chi connectivity index (χ4n) is 1.73. The highest BCUT2D eigenvalue weighted by atomic mass is 16.5. The number of benzene rings is 1. The molecule has 0 amide bonds. The number of hydrogen-bond donors (Lipinski definition) is 0. The molecule has 0 N–H and O–H groups in total. The van der Waals surface area contributed by atoms with Crippen LogP contribution in [0.2, 0.25) is 0 Å². The Kier molecular flexibility index (Phi) is 4.13. The van der Waals surface area contributed by atoms with Gasteiger partial charge < -0.3 is 9.30 Å². The molecule has 2 rings (SSSR count). The summed E-state index contributed by atoms with van der Waals surface area (Å²) >= 11 is 0. The second kappa shape index (κ2) is 6.00. The van der Waals surface area contributed by atoms with E-state index < -0.39 is 0 Å². The maximum Gasteiger partial charge on any atom is 0.354 e. The molecule has 98 valence electrons. The molecule has 1 aromatic heterocycles. The zero-order valence-electron chi connectivity index (χ0n) is 11.0. The van der Waals surface area contributed by atoms with E-state index in [0.29, 0.717) is 12.3 Å². The third-order valence-corrected chi connectivity index (χ3v) is 2.63. The van der Waals surface area contributed by atoms with E-state index in [4.69, 9.17) is 4.74 Å². The summed E-state index contributed by atoms with van der Waals surface area (Å²) in [4.78, 5) is 16.0. The fourth-order valence-corrected chi connectivity index (χ4v) is 1.73. The second-order valence-corrected chi connectivity index (χ2v) is 4.08. The minimum Gasteiger partial charge on any atom is -0.461 e. The van der Waals surface area contributed by atoms with Crippen LogP contribution >= 0.6 is 0 Å². The Morgan fingerprint density at radius 2 is 2.11 bits per heavy atom. The summed E-state index contributed by atoms with van der Waals surface area (Å²) in [6, 6.07) is 11.4. The van der Waals surface area contributed by atoms with Gasteiger partial charge >= 0.3 is 5.97 Å². The van der Waals surface area contributed by atoms with Gasteiger partial charge in [0.1, 0.15) is 5.69 Å². The summed E-state index contributed by atoms with van der Waals surface area (Å²) in [6.07, 6.45) is 3.58. The number of carbonyl (C=O) groups is 1. The smallest absolute Gasteiger partial charge is 0.354 e. The molecule has 19 heavy (non-hydrogen) atoms. The fraction of sp³-hybridized carbons (Fsp3) is 0.200. The highest BCUT2D eigenvalue weighted by Crippen LogP contribution is 2.12. The monoisotopic (exact) mass is 256 g/mol. The molecular formula is C15H16N2O2. The number of nitrogens with zero attached hydrogens (tertiary/aromatic N) is 2. The number of para-hydroxylation sites is 1. The molecule has 0 radical (unpaired) electrons. The van der Waals surface area contributed by atoms with Gasteiger partial charge in [-0.15, -0.1) is 0 Å². The third-order valence-electron chi connectivity index (χ3n) is 2.63. The highest BCUT2D eigenvalue weighted by Gasteiger charge is 2.11. The number of aliphatic imine (C=N–C) groups is 1. The van der Waals surface area contributed by atoms with E-state index >= 15 is 0 Å². The van der Waals surface area contributed by atoms with Gasteiger partial charge in [0, 0.05) is 25.0 Å². The zero-order valence-corrected chi connectivity index (χ0v) is 11.0. The minimum absolute atomic E-state index is 0.315. The van der Waals surface area contributed by atoms with Gasteiger partial charge in [-0.05, 0) is 25.1 Å². The van der Waals surface area contributed by atoms with E-state index in [2.05, 4.69) is 4.99 Å². The van der Waals surface area contributed by atoms with Crippen LogP contribution in [0.15, 0.2) is 47.6 Å². The molecular weight excluding hydrogens is 240 g/mol. The third kappa shape index (κ3) is 3.31. The largest absolute Gasteiger partial charge is 0.461 e. The van der Waals surface area contributed by atoms with Crippen molar-refractivity contribution in [1.29, 1.82) is 0 Å². The SMILES string of the molecule is CCOC(=O)c1cc(C=Nc2ccccc2)cn1C. The van der Waals surface area contributed by atoms with Crippen molar-refractivity contribution in [2.75, 3.05) is 6.61 Å². The lowest BCUT2D eigenvalue weighted by molar-refractivity contribution is 0.0515. The molecule has 0 fully saturated rings. The summed E-state index contributed by atoms with van der Waals surface area (Å²) < 4.78 is 6.72. The van der Waals surface area contributed by atoms with E-state index in [1.54, 1.807) is 23.8 Å². The Bertz CT molecular complexity index is 585. The predicted molar refractivity (Wildman–Crippen MR) is 75.1 cm³/mol. The Morgan fingerprint density at radius 1 is 1.37 bits per heavy atom. The summed E-state index contributed by atoms with van der Waals surface area (Å²) in [7, 11) is 1.81. The molecule has 0 bridgehead atoms. The van der Waals surface area contributed by atoms with E-state index in [1.807, 2.05) is 43.6 Å². The topological polar surface area (TPSA) is 43.6 Å². The van der Waals surface area contributed by atoms with Crippen molar-refractivity contribution < 1.29 is 9.53 Å². The quantitative estimate of drug-likeness (QED) is 0.623. The first-order chi connectivity index (χ1) is 9.20. The van der Waals surface area contributed by atoms with E-state index in [-0.39, 0.29) is 5.97 Å². The molecule has 0 saturated heterocycles. The molecule has 1 aromatic carbocycles. The number of esters is 1. The molecule has 4 nitrogen and oxygen atoms in total. The summed E-state index contributed by atoms with van der Waals surface area (Å²) in [6.45, 7) is 2.16. The Labute approximate surface area is 112 Å². The summed E-state index contributed by atoms with van der Waals surface area (Å²) in [5, 5.41) is 0. The van der Waals surface area contributed by atoms with Crippen LogP contribution < -0.4 is 0 Å². The van der Waals surface area contributed by atoms with Crippen molar-refractivity contribution in [2.45, 2.75) is 6.92 Å². The van der Waals surface area contributed by atoms with Crippen molar-refractivity contribution in [3.05, 3.63) is 53.9 Å². The molecule has 0 saturated carbocycles. The number of aryl methyl sites for hydroxylation is 1. The maximum atomic E-state index is 11.7. The van der Waals surface area contributed by atoms with Gasteiger partial charge in [-0.25, -0.2) is 4.79 Å². The number of carbonyl (C=O) groups excluding carboxylic acids is 1. The van der Waals surface area contributed by atoms with Crippen LogP contribution in [0.5, 0.6) is 0 Å². The van der Waals surface area contributed by atoms with Crippen LogP contribution in [-0.2, 0) is 11.8 Å². The van der Waals surface area contributed by atoms with Crippen molar-refractivity contribution >= 4 is 17.9 Å². The first-order valence-electron chi connectivity index (χ1n) is 6.13. The molecule has 4 heteroatoms. The Hall–Kier alpha value is -2.36. The first-order valence-corrected chi connectivity index (χ1v) is 6.13. The van der Waals surface area contributed by atoms with Crippen molar-refractivity contribution in [3.8, 4) is 0 Å². The van der Waals surface area contributed by atoms with Crippen LogP contribution in [0, 0.1) is 0 Å². The molecule has 1 heterocycles. The van der Waals surface area contributed by atoms with E-state index in [9.17, 15) is 4.79 Å². The average Bonchev–Trinajstić information content (AvgIpc) is 2.79. The standard InChI is InChI=1S/C15H16N2O2/c1-3-19-15(18)14-9-12(11-17(14)2)10-16-13-7-5-4-6-8-13/h4-11H,3H2,1-2H3. The molecule has 0 spiro atoms. The van der Waals surface area contributed by atoms with Gasteiger partial charge in [0.25, 0.3) is 0 Å². The van der Waals surface area contributed by atoms with Gasteiger partial charge in [-0.2, -0.15) is 0 Å². The maximum absolute atomic E-state index is 11.7. The normalized spacial score (nSPS) is 10.8. The molecule has 2 aromatic rings. The van der Waals surface area contributed by atoms with E-state index in [0.717, 1.165) is 11.3 Å². The van der Waals surface area contributed by atoms with Gasteiger partial charge in [-0.1, -0.05) is 18.2 Å². The lowest BCUT2D eigenvalue weighted by atomic mass is 10.3. The lowest BCUT2D eigenvalue weighted by Crippen LogP contribution is -2.08. The number of hydrogen-bond acceptors (Lipinski definition) is 3. The Morgan fingerprint density at radius 3 is 2.79 bits per heavy atom. The van der Waals surface area contributed by atoms with Crippen molar-refractivity contribution in [2.24, 2.45) is 12.0 Å². The molecule has 0 unspecified atom stereocenters. The molecule has 0 atom stereocenters. The van der Waals surface area contributed by atoms with Crippen LogP contribution in [0.25, 0.3) is 0 Å². The molecule has 0 aliphatic rings. The average molecular weight is 256 g/mol. The summed E-state index contributed by atoms with van der Waals surface area (Å²) in [5.41, 5.74) is 2.27. The zero-order chi connectivity index (χ0) is 13.7. The van der Waals surface area contributed by atoms with Crippen LogP contribution in [0.1, 0.15) is 23.0 Å². The van der Waals surface area contributed by atoms with Gasteiger partial charge in [0.05, 0.1) is 12.3 Å². The van der Waals surface area contributed by atoms with Crippen molar-refractivity contribution in [1.82, 2.24) is 4.57 Å². The van der Waals surface area contributed by atoms with Crippen molar-refractivity contribution in [3.63, 3.8) is 0 Å². The summed E-state index contributed by atoms with van der Waals surface area (Å²) in [5.74, 6) is -0.315. The lowest BCUT2D eigenvalue weighted by Gasteiger charge is -2.01. The minimum atomic E-state index is -0.315. The Balaban J connectivity index is 2.16. The van der Waals surface area contributed by atoms with Gasteiger partial charge in [-0.3, -0.25) is 4.99 Å². The van der Waals surface area contributed by atoms with E-state index in [1.165, 1.54) is 0 Å². The number of ether oxygens (including phenoxy) is 1. The number of rotatable bonds is 4. The number of aromatic nitrogens is 1. The van der Waals surface area contributed by atoms with Gasteiger partial charge in [0.2, 0.25) is 0 Å². The first kappa shape index (κ1) is 13.1. The van der Waals surface area contributed by atoms with Crippen LogP contribution in [-0.4, -0.2) is 23.4 Å². The van der Waals surface area contributed by atoms with Gasteiger partial charge in [0.15, 0.2) is 0 Å². The molecule has 0 aliphatic carbocycles.